The Labute approximate surface area is 110 Å². The summed E-state index contributed by atoms with van der Waals surface area (Å²) in [5.41, 5.74) is 2.15. The van der Waals surface area contributed by atoms with Gasteiger partial charge in [-0.1, -0.05) is 36.4 Å². The number of rotatable bonds is 1. The van der Waals surface area contributed by atoms with Crippen LogP contribution in [0.1, 0.15) is 17.2 Å². The molecule has 0 saturated carbocycles. The summed E-state index contributed by atoms with van der Waals surface area (Å²) >= 11 is 0. The highest BCUT2D eigenvalue weighted by atomic mass is 19.1. The largest absolute Gasteiger partial charge is 0.325 e. The quantitative estimate of drug-likeness (QED) is 0.823. The number of anilines is 1. The van der Waals surface area contributed by atoms with Gasteiger partial charge in [-0.3, -0.25) is 10.1 Å². The molecular formula is C15H13FN2O. The molecule has 1 amide bonds. The Morgan fingerprint density at radius 1 is 1.00 bits per heavy atom. The molecule has 0 fully saturated rings. The Balaban J connectivity index is 2.12. The van der Waals surface area contributed by atoms with Crippen molar-refractivity contribution in [3.05, 3.63) is 65.5 Å². The number of para-hydroxylation sites is 1. The second-order valence-corrected chi connectivity index (χ2v) is 4.47. The minimum atomic E-state index is -0.323. The lowest BCUT2D eigenvalue weighted by Crippen LogP contribution is -2.28. The third-order valence-corrected chi connectivity index (χ3v) is 3.23. The molecule has 0 unspecified atom stereocenters. The molecule has 3 rings (SSSR count). The SMILES string of the molecule is O=C1CN[C@@H](c2ccccc2F)c2ccccc2N1. The van der Waals surface area contributed by atoms with Crippen molar-refractivity contribution in [3.63, 3.8) is 0 Å². The van der Waals surface area contributed by atoms with E-state index in [9.17, 15) is 9.18 Å². The van der Waals surface area contributed by atoms with Crippen LogP contribution in [-0.4, -0.2) is 12.5 Å². The molecule has 1 heterocycles. The summed E-state index contributed by atoms with van der Waals surface area (Å²) in [4.78, 5) is 11.6. The molecule has 2 aromatic rings. The third kappa shape index (κ3) is 2.22. The van der Waals surface area contributed by atoms with Crippen LogP contribution in [0.4, 0.5) is 10.1 Å². The second-order valence-electron chi connectivity index (χ2n) is 4.47. The molecule has 0 saturated heterocycles. The summed E-state index contributed by atoms with van der Waals surface area (Å²) in [5, 5.41) is 5.91. The monoisotopic (exact) mass is 256 g/mol. The number of halogens is 1. The predicted molar refractivity (Wildman–Crippen MR) is 71.3 cm³/mol. The van der Waals surface area contributed by atoms with Crippen molar-refractivity contribution in [1.82, 2.24) is 5.32 Å². The first-order valence-electron chi connectivity index (χ1n) is 6.12. The van der Waals surface area contributed by atoms with Crippen molar-refractivity contribution in [1.29, 1.82) is 0 Å². The first kappa shape index (κ1) is 11.9. The molecule has 1 aliphatic rings. The Morgan fingerprint density at radius 2 is 1.68 bits per heavy atom. The third-order valence-electron chi connectivity index (χ3n) is 3.23. The lowest BCUT2D eigenvalue weighted by Gasteiger charge is -2.18. The number of amides is 1. The topological polar surface area (TPSA) is 41.1 Å². The fourth-order valence-electron chi connectivity index (χ4n) is 2.35. The minimum Gasteiger partial charge on any atom is -0.325 e. The number of carbonyl (C=O) groups excluding carboxylic acids is 1. The van der Waals surface area contributed by atoms with Gasteiger partial charge in [0.2, 0.25) is 5.91 Å². The molecule has 96 valence electrons. The van der Waals surface area contributed by atoms with Gasteiger partial charge in [0.1, 0.15) is 5.82 Å². The molecule has 1 aliphatic heterocycles. The number of nitrogens with one attached hydrogen (secondary N) is 2. The average Bonchev–Trinajstić information content (AvgIpc) is 2.58. The molecule has 1 atom stereocenters. The van der Waals surface area contributed by atoms with Crippen LogP contribution in [0.25, 0.3) is 0 Å². The molecular weight excluding hydrogens is 243 g/mol. The summed E-state index contributed by atoms with van der Waals surface area (Å²) < 4.78 is 14.0. The zero-order chi connectivity index (χ0) is 13.2. The maximum atomic E-state index is 14.0. The van der Waals surface area contributed by atoms with Crippen LogP contribution in [-0.2, 0) is 4.79 Å². The van der Waals surface area contributed by atoms with Crippen LogP contribution in [0, 0.1) is 5.82 Å². The summed E-state index contributed by atoms with van der Waals surface area (Å²) in [6.45, 7) is 0.160. The highest BCUT2D eigenvalue weighted by Gasteiger charge is 2.24. The molecule has 0 radical (unpaired) electrons. The minimum absolute atomic E-state index is 0.119. The van der Waals surface area contributed by atoms with Gasteiger partial charge >= 0.3 is 0 Å². The van der Waals surface area contributed by atoms with E-state index in [4.69, 9.17) is 0 Å². The Morgan fingerprint density at radius 3 is 2.47 bits per heavy atom. The van der Waals surface area contributed by atoms with E-state index in [1.165, 1.54) is 6.07 Å². The zero-order valence-electron chi connectivity index (χ0n) is 10.2. The Kier molecular flexibility index (Phi) is 3.01. The van der Waals surface area contributed by atoms with E-state index in [2.05, 4.69) is 10.6 Å². The fourth-order valence-corrected chi connectivity index (χ4v) is 2.35. The van der Waals surface area contributed by atoms with Gasteiger partial charge in [0.25, 0.3) is 0 Å². The van der Waals surface area contributed by atoms with Crippen LogP contribution >= 0.6 is 0 Å². The van der Waals surface area contributed by atoms with E-state index in [-0.39, 0.29) is 24.3 Å². The number of carbonyl (C=O) groups is 1. The fraction of sp³-hybridized carbons (Fsp3) is 0.133. The van der Waals surface area contributed by atoms with E-state index in [1.807, 2.05) is 24.3 Å². The summed E-state index contributed by atoms with van der Waals surface area (Å²) in [7, 11) is 0. The number of hydrogen-bond acceptors (Lipinski definition) is 2. The molecule has 0 spiro atoms. The van der Waals surface area contributed by atoms with E-state index >= 15 is 0 Å². The molecule has 19 heavy (non-hydrogen) atoms. The number of fused-ring (bicyclic) bond motifs is 1. The van der Waals surface area contributed by atoms with Crippen LogP contribution in [0.2, 0.25) is 0 Å². The average molecular weight is 256 g/mol. The molecule has 3 nitrogen and oxygen atoms in total. The molecule has 0 aromatic heterocycles. The van der Waals surface area contributed by atoms with Gasteiger partial charge in [-0.25, -0.2) is 4.39 Å². The van der Waals surface area contributed by atoms with Gasteiger partial charge in [0.05, 0.1) is 12.6 Å². The maximum Gasteiger partial charge on any atom is 0.238 e. The first-order valence-corrected chi connectivity index (χ1v) is 6.12. The van der Waals surface area contributed by atoms with Gasteiger partial charge in [-0.05, 0) is 17.7 Å². The van der Waals surface area contributed by atoms with Gasteiger partial charge in [-0.15, -0.1) is 0 Å². The molecule has 2 N–H and O–H groups in total. The lowest BCUT2D eigenvalue weighted by atomic mass is 9.97. The summed E-state index contributed by atoms with van der Waals surface area (Å²) in [6.07, 6.45) is 0. The maximum absolute atomic E-state index is 14.0. The number of benzene rings is 2. The molecule has 2 aromatic carbocycles. The van der Waals surface area contributed by atoms with E-state index in [0.717, 1.165) is 11.3 Å². The van der Waals surface area contributed by atoms with Crippen molar-refractivity contribution < 1.29 is 9.18 Å². The Bertz CT molecular complexity index is 627. The molecule has 4 heteroatoms. The predicted octanol–water partition coefficient (Wildman–Crippen LogP) is 2.46. The van der Waals surface area contributed by atoms with Crippen LogP contribution in [0.15, 0.2) is 48.5 Å². The van der Waals surface area contributed by atoms with Crippen molar-refractivity contribution in [2.45, 2.75) is 6.04 Å². The summed E-state index contributed by atoms with van der Waals surface area (Å²) in [6, 6.07) is 13.7. The molecule has 0 bridgehead atoms. The van der Waals surface area contributed by atoms with E-state index in [1.54, 1.807) is 18.2 Å². The van der Waals surface area contributed by atoms with E-state index in [0.29, 0.717) is 5.56 Å². The van der Waals surface area contributed by atoms with Gasteiger partial charge in [0, 0.05) is 11.3 Å². The van der Waals surface area contributed by atoms with Gasteiger partial charge in [0.15, 0.2) is 0 Å². The van der Waals surface area contributed by atoms with Crippen molar-refractivity contribution in [2.75, 3.05) is 11.9 Å². The van der Waals surface area contributed by atoms with Crippen molar-refractivity contribution >= 4 is 11.6 Å². The highest BCUT2D eigenvalue weighted by Crippen LogP contribution is 2.31. The van der Waals surface area contributed by atoms with Crippen LogP contribution < -0.4 is 10.6 Å². The standard InChI is InChI=1S/C15H13FN2O/c16-12-7-3-1-5-10(12)15-11-6-2-4-8-13(11)18-14(19)9-17-15/h1-8,15,17H,9H2,(H,18,19)/t15-/m0/s1. The van der Waals surface area contributed by atoms with Crippen LogP contribution in [0.5, 0.6) is 0 Å². The van der Waals surface area contributed by atoms with Gasteiger partial charge in [-0.2, -0.15) is 0 Å². The number of hydrogen-bond donors (Lipinski definition) is 2. The van der Waals surface area contributed by atoms with Crippen molar-refractivity contribution in [2.24, 2.45) is 0 Å². The Hall–Kier alpha value is -2.20. The van der Waals surface area contributed by atoms with Crippen molar-refractivity contribution in [3.8, 4) is 0 Å². The highest BCUT2D eigenvalue weighted by molar-refractivity contribution is 5.94. The smallest absolute Gasteiger partial charge is 0.238 e. The second kappa shape index (κ2) is 4.82. The van der Waals surface area contributed by atoms with Crippen LogP contribution in [0.3, 0.4) is 0 Å². The summed E-state index contributed by atoms with van der Waals surface area (Å²) in [5.74, 6) is -0.393. The van der Waals surface area contributed by atoms with Gasteiger partial charge < -0.3 is 5.32 Å². The normalized spacial score (nSPS) is 18.4. The van der Waals surface area contributed by atoms with E-state index < -0.39 is 0 Å². The lowest BCUT2D eigenvalue weighted by molar-refractivity contribution is -0.115. The first-order chi connectivity index (χ1) is 9.25. The molecule has 0 aliphatic carbocycles. The zero-order valence-corrected chi connectivity index (χ0v) is 10.2.